The molecule has 2 saturated carbocycles. The Hall–Kier alpha value is -2.30. The molecule has 2 aromatic rings. The Bertz CT molecular complexity index is 769. The maximum Gasteiger partial charge on any atom is 0.303 e. The van der Waals surface area contributed by atoms with E-state index in [-0.39, 0.29) is 0 Å². The first-order valence-electron chi connectivity index (χ1n) is 10.7. The third kappa shape index (κ3) is 4.75. The molecule has 4 rings (SSSR count). The molecule has 2 aliphatic rings. The number of carboxylic acid groups (broad SMARTS) is 1. The molecule has 2 fully saturated rings. The maximum atomic E-state index is 10.9. The third-order valence-corrected chi connectivity index (χ3v) is 6.42. The molecule has 0 amide bonds. The van der Waals surface area contributed by atoms with E-state index in [9.17, 15) is 4.79 Å². The number of rotatable bonds is 6. The van der Waals surface area contributed by atoms with Crippen molar-refractivity contribution in [2.75, 3.05) is 5.32 Å². The molecular formula is C23H30N2O3. The molecule has 0 aliphatic heterocycles. The van der Waals surface area contributed by atoms with Gasteiger partial charge in [0.15, 0.2) is 5.76 Å². The first-order chi connectivity index (χ1) is 13.7. The first kappa shape index (κ1) is 19.0. The molecule has 0 radical (unpaired) electrons. The number of oxazole rings is 1. The monoisotopic (exact) mass is 382 g/mol. The maximum absolute atomic E-state index is 10.9. The molecule has 0 bridgehead atoms. The van der Waals surface area contributed by atoms with Crippen LogP contribution >= 0.6 is 0 Å². The average Bonchev–Trinajstić information content (AvgIpc) is 3.17. The van der Waals surface area contributed by atoms with Gasteiger partial charge in [-0.15, -0.1) is 0 Å². The van der Waals surface area contributed by atoms with E-state index < -0.39 is 5.97 Å². The van der Waals surface area contributed by atoms with Gasteiger partial charge in [0.1, 0.15) is 0 Å². The Morgan fingerprint density at radius 1 is 1.04 bits per heavy atom. The molecule has 1 aromatic carbocycles. The summed E-state index contributed by atoms with van der Waals surface area (Å²) in [6, 6.07) is 9.72. The molecule has 0 unspecified atom stereocenters. The van der Waals surface area contributed by atoms with E-state index >= 15 is 0 Å². The molecule has 5 heteroatoms. The molecule has 0 saturated heterocycles. The lowest BCUT2D eigenvalue weighted by Crippen LogP contribution is -2.22. The van der Waals surface area contributed by atoms with E-state index in [1.807, 2.05) is 0 Å². The van der Waals surface area contributed by atoms with Crippen LogP contribution in [-0.4, -0.2) is 22.1 Å². The molecule has 1 heterocycles. The summed E-state index contributed by atoms with van der Waals surface area (Å²) in [7, 11) is 0. The largest absolute Gasteiger partial charge is 0.481 e. The average molecular weight is 383 g/mol. The molecule has 1 aromatic heterocycles. The van der Waals surface area contributed by atoms with Crippen molar-refractivity contribution < 1.29 is 14.3 Å². The number of aromatic nitrogens is 1. The number of hydrogen-bond acceptors (Lipinski definition) is 4. The number of carboxylic acids is 1. The summed E-state index contributed by atoms with van der Waals surface area (Å²) in [5, 5.41) is 12.4. The fourth-order valence-electron chi connectivity index (χ4n) is 4.76. The lowest BCUT2D eigenvalue weighted by molar-refractivity contribution is -0.138. The molecule has 2 N–H and O–H groups in total. The van der Waals surface area contributed by atoms with Crippen LogP contribution in [0.15, 0.2) is 34.9 Å². The van der Waals surface area contributed by atoms with Gasteiger partial charge in [0.25, 0.3) is 6.01 Å². The van der Waals surface area contributed by atoms with Gasteiger partial charge in [-0.1, -0.05) is 43.5 Å². The molecule has 0 atom stereocenters. The van der Waals surface area contributed by atoms with Crippen LogP contribution in [0.25, 0.3) is 11.3 Å². The summed E-state index contributed by atoms with van der Waals surface area (Å²) in [6.45, 7) is 0. The van der Waals surface area contributed by atoms with Crippen LogP contribution in [0.3, 0.4) is 0 Å². The Kier molecular flexibility index (Phi) is 5.98. The minimum atomic E-state index is -0.669. The predicted molar refractivity (Wildman–Crippen MR) is 109 cm³/mol. The Labute approximate surface area is 166 Å². The zero-order chi connectivity index (χ0) is 19.3. The van der Waals surface area contributed by atoms with Gasteiger partial charge in [0, 0.05) is 18.0 Å². The molecule has 28 heavy (non-hydrogen) atoms. The summed E-state index contributed by atoms with van der Waals surface area (Å²) in [4.78, 5) is 15.3. The summed E-state index contributed by atoms with van der Waals surface area (Å²) in [6.07, 6.45) is 12.6. The first-order valence-corrected chi connectivity index (χ1v) is 10.7. The number of anilines is 1. The lowest BCUT2D eigenvalue weighted by Gasteiger charge is -2.28. The van der Waals surface area contributed by atoms with Crippen LogP contribution in [0, 0.1) is 5.92 Å². The number of hydrogen-bond donors (Lipinski definition) is 2. The van der Waals surface area contributed by atoms with Gasteiger partial charge in [-0.25, -0.2) is 4.98 Å². The lowest BCUT2D eigenvalue weighted by atomic mass is 9.77. The second-order valence-electron chi connectivity index (χ2n) is 8.45. The van der Waals surface area contributed by atoms with Gasteiger partial charge >= 0.3 is 5.97 Å². The van der Waals surface area contributed by atoms with E-state index in [0.717, 1.165) is 37.0 Å². The van der Waals surface area contributed by atoms with Crippen molar-refractivity contribution in [1.82, 2.24) is 4.98 Å². The SMILES string of the molecule is O=C(O)CC1CCC(c2ccc(-c3cnc(NC4CCCCC4)o3)cc2)CC1. The van der Waals surface area contributed by atoms with E-state index in [0.29, 0.717) is 30.3 Å². The standard InChI is InChI=1S/C23H30N2O3/c26-22(27)14-16-6-8-17(9-7-16)18-10-12-19(13-11-18)21-15-24-23(28-21)25-20-4-2-1-3-5-20/h10-13,15-17,20H,1-9,14H2,(H,24,25)(H,26,27). The number of nitrogens with one attached hydrogen (secondary N) is 1. The fourth-order valence-corrected chi connectivity index (χ4v) is 4.76. The summed E-state index contributed by atoms with van der Waals surface area (Å²) in [5.41, 5.74) is 2.39. The van der Waals surface area contributed by atoms with Crippen molar-refractivity contribution in [1.29, 1.82) is 0 Å². The summed E-state index contributed by atoms with van der Waals surface area (Å²) in [5.74, 6) is 1.02. The highest BCUT2D eigenvalue weighted by molar-refractivity contribution is 5.67. The van der Waals surface area contributed by atoms with Crippen LogP contribution in [0.1, 0.15) is 75.7 Å². The number of nitrogens with zero attached hydrogens (tertiary/aromatic N) is 1. The molecule has 5 nitrogen and oxygen atoms in total. The summed E-state index contributed by atoms with van der Waals surface area (Å²) >= 11 is 0. The predicted octanol–water partition coefficient (Wildman–Crippen LogP) is 5.83. The summed E-state index contributed by atoms with van der Waals surface area (Å²) < 4.78 is 5.93. The van der Waals surface area contributed by atoms with E-state index in [2.05, 4.69) is 34.6 Å². The van der Waals surface area contributed by atoms with Gasteiger partial charge in [-0.2, -0.15) is 0 Å². The zero-order valence-corrected chi connectivity index (χ0v) is 16.4. The quantitative estimate of drug-likeness (QED) is 0.657. The van der Waals surface area contributed by atoms with Crippen LogP contribution in [0.4, 0.5) is 6.01 Å². The smallest absolute Gasteiger partial charge is 0.303 e. The van der Waals surface area contributed by atoms with Crippen molar-refractivity contribution >= 4 is 12.0 Å². The number of aliphatic carboxylic acids is 1. The highest BCUT2D eigenvalue weighted by Gasteiger charge is 2.24. The van der Waals surface area contributed by atoms with E-state index in [1.165, 1.54) is 37.7 Å². The minimum Gasteiger partial charge on any atom is -0.481 e. The van der Waals surface area contributed by atoms with Crippen LogP contribution < -0.4 is 5.32 Å². The van der Waals surface area contributed by atoms with Crippen molar-refractivity contribution in [3.8, 4) is 11.3 Å². The Morgan fingerprint density at radius 3 is 2.43 bits per heavy atom. The van der Waals surface area contributed by atoms with Gasteiger partial charge in [0.05, 0.1) is 6.20 Å². The van der Waals surface area contributed by atoms with Crippen molar-refractivity contribution in [2.24, 2.45) is 5.92 Å². The van der Waals surface area contributed by atoms with Crippen LogP contribution in [-0.2, 0) is 4.79 Å². The zero-order valence-electron chi connectivity index (χ0n) is 16.4. The van der Waals surface area contributed by atoms with Gasteiger partial charge < -0.3 is 14.8 Å². The Morgan fingerprint density at radius 2 is 1.75 bits per heavy atom. The van der Waals surface area contributed by atoms with E-state index in [4.69, 9.17) is 9.52 Å². The topological polar surface area (TPSA) is 75.4 Å². The number of benzene rings is 1. The molecule has 150 valence electrons. The highest BCUT2D eigenvalue weighted by Crippen LogP contribution is 2.37. The normalized spacial score (nSPS) is 23.4. The van der Waals surface area contributed by atoms with Crippen molar-refractivity contribution in [2.45, 2.75) is 76.2 Å². The second kappa shape index (κ2) is 8.80. The molecule has 2 aliphatic carbocycles. The van der Waals surface area contributed by atoms with Crippen molar-refractivity contribution in [3.05, 3.63) is 36.0 Å². The fraction of sp³-hybridized carbons (Fsp3) is 0.565. The Balaban J connectivity index is 1.34. The third-order valence-electron chi connectivity index (χ3n) is 6.42. The second-order valence-corrected chi connectivity index (χ2v) is 8.45. The molecule has 0 spiro atoms. The van der Waals surface area contributed by atoms with Gasteiger partial charge in [0.2, 0.25) is 0 Å². The van der Waals surface area contributed by atoms with Gasteiger partial charge in [-0.3, -0.25) is 4.79 Å². The van der Waals surface area contributed by atoms with Crippen LogP contribution in [0.2, 0.25) is 0 Å². The molecular weight excluding hydrogens is 352 g/mol. The van der Waals surface area contributed by atoms with Crippen LogP contribution in [0.5, 0.6) is 0 Å². The number of carbonyl (C=O) groups is 1. The van der Waals surface area contributed by atoms with Gasteiger partial charge in [-0.05, 0) is 55.9 Å². The van der Waals surface area contributed by atoms with E-state index in [1.54, 1.807) is 6.20 Å². The van der Waals surface area contributed by atoms with Crippen molar-refractivity contribution in [3.63, 3.8) is 0 Å². The highest BCUT2D eigenvalue weighted by atomic mass is 16.4. The minimum absolute atomic E-state index is 0.314.